The summed E-state index contributed by atoms with van der Waals surface area (Å²) in [6, 6.07) is 7.33. The van der Waals surface area contributed by atoms with Gasteiger partial charge < -0.3 is 5.73 Å². The highest BCUT2D eigenvalue weighted by atomic mass is 32.1. The average molecular weight is 290 g/mol. The van der Waals surface area contributed by atoms with E-state index in [1.165, 1.54) is 4.90 Å². The summed E-state index contributed by atoms with van der Waals surface area (Å²) in [4.78, 5) is 25.8. The molecule has 0 bridgehead atoms. The van der Waals surface area contributed by atoms with Crippen molar-refractivity contribution in [1.29, 1.82) is 0 Å². The SMILES string of the molecule is CC1(C)CC(=O)N(Cc2cccc(C(N)=S)c2)C(=O)C1. The number of amides is 2. The first kappa shape index (κ1) is 14.7. The Labute approximate surface area is 123 Å². The average Bonchev–Trinajstić information content (AvgIpc) is 2.33. The van der Waals surface area contributed by atoms with Gasteiger partial charge >= 0.3 is 0 Å². The maximum absolute atomic E-state index is 12.1. The molecule has 1 aromatic rings. The fourth-order valence-electron chi connectivity index (χ4n) is 2.39. The molecule has 0 radical (unpaired) electrons. The third-order valence-corrected chi connectivity index (χ3v) is 3.65. The predicted molar refractivity (Wildman–Crippen MR) is 80.9 cm³/mol. The van der Waals surface area contributed by atoms with Crippen LogP contribution < -0.4 is 5.73 Å². The first-order chi connectivity index (χ1) is 9.28. The van der Waals surface area contributed by atoms with Crippen LogP contribution in [-0.4, -0.2) is 21.7 Å². The number of benzene rings is 1. The van der Waals surface area contributed by atoms with Crippen LogP contribution in [0.25, 0.3) is 0 Å². The Bertz CT molecular complexity index is 561. The standard InChI is InChI=1S/C15H18N2O2S/c1-15(2)7-12(18)17(13(19)8-15)9-10-4-3-5-11(6-10)14(16)20/h3-6H,7-9H2,1-2H3,(H2,16,20). The monoisotopic (exact) mass is 290 g/mol. The van der Waals surface area contributed by atoms with Gasteiger partial charge in [-0.25, -0.2) is 0 Å². The molecule has 0 aliphatic carbocycles. The van der Waals surface area contributed by atoms with Crippen LogP contribution in [0.2, 0.25) is 0 Å². The molecule has 0 aromatic heterocycles. The minimum Gasteiger partial charge on any atom is -0.389 e. The lowest BCUT2D eigenvalue weighted by Gasteiger charge is -2.34. The van der Waals surface area contributed by atoms with Crippen molar-refractivity contribution >= 4 is 29.0 Å². The van der Waals surface area contributed by atoms with Crippen molar-refractivity contribution in [2.24, 2.45) is 11.1 Å². The number of nitrogens with two attached hydrogens (primary N) is 1. The second-order valence-corrected chi connectivity index (χ2v) is 6.40. The van der Waals surface area contributed by atoms with Crippen molar-refractivity contribution in [2.75, 3.05) is 0 Å². The van der Waals surface area contributed by atoms with Crippen molar-refractivity contribution in [3.63, 3.8) is 0 Å². The number of rotatable bonds is 3. The van der Waals surface area contributed by atoms with Gasteiger partial charge in [-0.15, -0.1) is 0 Å². The molecule has 0 atom stereocenters. The van der Waals surface area contributed by atoms with Gasteiger partial charge in [-0.3, -0.25) is 14.5 Å². The zero-order valence-electron chi connectivity index (χ0n) is 11.7. The minimum atomic E-state index is -0.245. The van der Waals surface area contributed by atoms with E-state index in [0.29, 0.717) is 17.8 Å². The highest BCUT2D eigenvalue weighted by Crippen LogP contribution is 2.32. The summed E-state index contributed by atoms with van der Waals surface area (Å²) in [6.45, 7) is 4.16. The number of carbonyl (C=O) groups excluding carboxylic acids is 2. The van der Waals surface area contributed by atoms with E-state index in [2.05, 4.69) is 0 Å². The first-order valence-corrected chi connectivity index (χ1v) is 6.91. The maximum Gasteiger partial charge on any atom is 0.230 e. The van der Waals surface area contributed by atoms with Gasteiger partial charge in [-0.2, -0.15) is 0 Å². The van der Waals surface area contributed by atoms with E-state index in [1.54, 1.807) is 0 Å². The lowest BCUT2D eigenvalue weighted by atomic mass is 9.81. The molecular formula is C15H18N2O2S. The molecular weight excluding hydrogens is 272 g/mol. The molecule has 0 saturated carbocycles. The lowest BCUT2D eigenvalue weighted by Crippen LogP contribution is -2.45. The molecule has 5 heteroatoms. The van der Waals surface area contributed by atoms with E-state index in [0.717, 1.165) is 11.1 Å². The molecule has 20 heavy (non-hydrogen) atoms. The summed E-state index contributed by atoms with van der Waals surface area (Å²) in [7, 11) is 0. The van der Waals surface area contributed by atoms with Gasteiger partial charge in [-0.05, 0) is 17.0 Å². The van der Waals surface area contributed by atoms with Gasteiger partial charge in [0.1, 0.15) is 4.99 Å². The third-order valence-electron chi connectivity index (χ3n) is 3.41. The van der Waals surface area contributed by atoms with Crippen LogP contribution in [0.15, 0.2) is 24.3 Å². The van der Waals surface area contributed by atoms with Gasteiger partial charge in [0.15, 0.2) is 0 Å². The van der Waals surface area contributed by atoms with E-state index in [1.807, 2.05) is 38.1 Å². The largest absolute Gasteiger partial charge is 0.389 e. The maximum atomic E-state index is 12.1. The Morgan fingerprint density at radius 1 is 1.30 bits per heavy atom. The van der Waals surface area contributed by atoms with Gasteiger partial charge in [0, 0.05) is 18.4 Å². The van der Waals surface area contributed by atoms with Crippen LogP contribution in [0.4, 0.5) is 0 Å². The van der Waals surface area contributed by atoms with Crippen molar-refractivity contribution in [3.05, 3.63) is 35.4 Å². The van der Waals surface area contributed by atoms with E-state index in [-0.39, 0.29) is 23.8 Å². The van der Waals surface area contributed by atoms with Crippen molar-refractivity contribution < 1.29 is 9.59 Å². The van der Waals surface area contributed by atoms with E-state index in [4.69, 9.17) is 18.0 Å². The van der Waals surface area contributed by atoms with Crippen molar-refractivity contribution in [1.82, 2.24) is 4.90 Å². The van der Waals surface area contributed by atoms with E-state index < -0.39 is 0 Å². The number of likely N-dealkylation sites (tertiary alicyclic amines) is 1. The normalized spacial score (nSPS) is 18.2. The molecule has 1 fully saturated rings. The number of piperidine rings is 1. The summed E-state index contributed by atoms with van der Waals surface area (Å²) >= 11 is 4.93. The first-order valence-electron chi connectivity index (χ1n) is 6.50. The third kappa shape index (κ3) is 3.22. The fraction of sp³-hybridized carbons (Fsp3) is 0.400. The number of carbonyl (C=O) groups is 2. The molecule has 1 saturated heterocycles. The fourth-order valence-corrected chi connectivity index (χ4v) is 2.52. The van der Waals surface area contributed by atoms with Crippen LogP contribution in [0, 0.1) is 5.41 Å². The minimum absolute atomic E-state index is 0.119. The second kappa shape index (κ2) is 5.32. The van der Waals surface area contributed by atoms with Crippen LogP contribution >= 0.6 is 12.2 Å². The zero-order valence-corrected chi connectivity index (χ0v) is 12.5. The van der Waals surface area contributed by atoms with Crippen LogP contribution in [0.3, 0.4) is 0 Å². The summed E-state index contributed by atoms with van der Waals surface area (Å²) in [5.41, 5.74) is 6.95. The molecule has 4 nitrogen and oxygen atoms in total. The zero-order chi connectivity index (χ0) is 14.9. The van der Waals surface area contributed by atoms with E-state index >= 15 is 0 Å². The summed E-state index contributed by atoms with van der Waals surface area (Å²) in [5, 5.41) is 0. The predicted octanol–water partition coefficient (Wildman–Crippen LogP) is 2.00. The van der Waals surface area contributed by atoms with E-state index in [9.17, 15) is 9.59 Å². The number of hydrogen-bond donors (Lipinski definition) is 1. The topological polar surface area (TPSA) is 63.4 Å². The van der Waals surface area contributed by atoms with Crippen LogP contribution in [-0.2, 0) is 16.1 Å². The lowest BCUT2D eigenvalue weighted by molar-refractivity contribution is -0.153. The molecule has 0 unspecified atom stereocenters. The van der Waals surface area contributed by atoms with Gasteiger partial charge in [0.05, 0.1) is 6.54 Å². The molecule has 2 amide bonds. The Morgan fingerprint density at radius 2 is 1.90 bits per heavy atom. The van der Waals surface area contributed by atoms with Crippen molar-refractivity contribution in [2.45, 2.75) is 33.2 Å². The Morgan fingerprint density at radius 3 is 2.45 bits per heavy atom. The molecule has 1 aliphatic heterocycles. The molecule has 1 heterocycles. The van der Waals surface area contributed by atoms with Crippen LogP contribution in [0.1, 0.15) is 37.8 Å². The smallest absolute Gasteiger partial charge is 0.230 e. The Hall–Kier alpha value is -1.75. The highest BCUT2D eigenvalue weighted by Gasteiger charge is 2.37. The van der Waals surface area contributed by atoms with Gasteiger partial charge in [0.25, 0.3) is 0 Å². The molecule has 1 aromatic carbocycles. The number of nitrogens with zero attached hydrogens (tertiary/aromatic N) is 1. The molecule has 2 rings (SSSR count). The molecule has 106 valence electrons. The van der Waals surface area contributed by atoms with Gasteiger partial charge in [-0.1, -0.05) is 44.3 Å². The Kier molecular flexibility index (Phi) is 3.90. The second-order valence-electron chi connectivity index (χ2n) is 5.96. The number of hydrogen-bond acceptors (Lipinski definition) is 3. The number of thiocarbonyl (C=S) groups is 1. The summed E-state index contributed by atoms with van der Waals surface area (Å²) in [5.74, 6) is -0.237. The number of imide groups is 1. The molecule has 1 aliphatic rings. The summed E-state index contributed by atoms with van der Waals surface area (Å²) < 4.78 is 0. The quantitative estimate of drug-likeness (QED) is 0.683. The molecule has 0 spiro atoms. The van der Waals surface area contributed by atoms with Gasteiger partial charge in [0.2, 0.25) is 11.8 Å². The highest BCUT2D eigenvalue weighted by molar-refractivity contribution is 7.80. The Balaban J connectivity index is 2.18. The summed E-state index contributed by atoms with van der Waals surface area (Å²) in [6.07, 6.45) is 0.793. The molecule has 2 N–H and O–H groups in total. The van der Waals surface area contributed by atoms with Crippen LogP contribution in [0.5, 0.6) is 0 Å². The van der Waals surface area contributed by atoms with Crippen molar-refractivity contribution in [3.8, 4) is 0 Å².